The van der Waals surface area contributed by atoms with E-state index in [1.165, 1.54) is 17.4 Å². The van der Waals surface area contributed by atoms with Gasteiger partial charge in [0.2, 0.25) is 0 Å². The van der Waals surface area contributed by atoms with Crippen LogP contribution in [0.15, 0.2) is 55.0 Å². The van der Waals surface area contributed by atoms with Gasteiger partial charge in [0, 0.05) is 25.1 Å². The zero-order chi connectivity index (χ0) is 18.8. The molecule has 1 amide bonds. The molecule has 0 unspecified atom stereocenters. The fourth-order valence-corrected chi connectivity index (χ4v) is 3.80. The van der Waals surface area contributed by atoms with Gasteiger partial charge < -0.3 is 0 Å². The number of thiazole rings is 1. The van der Waals surface area contributed by atoms with E-state index < -0.39 is 5.82 Å². The fourth-order valence-electron chi connectivity index (χ4n) is 2.82. The highest BCUT2D eigenvalue weighted by Crippen LogP contribution is 2.32. The number of rotatable bonds is 5. The van der Waals surface area contributed by atoms with Gasteiger partial charge in [-0.3, -0.25) is 19.4 Å². The van der Waals surface area contributed by atoms with Crippen molar-refractivity contribution in [2.75, 3.05) is 4.90 Å². The van der Waals surface area contributed by atoms with Gasteiger partial charge in [-0.15, -0.1) is 0 Å². The number of aromatic nitrogens is 4. The maximum absolute atomic E-state index is 14.1. The molecule has 0 radical (unpaired) electrons. The molecule has 0 fully saturated rings. The number of carbonyl (C=O) groups is 1. The molecule has 136 valence electrons. The number of hydrogen-bond acceptors (Lipinski definition) is 5. The van der Waals surface area contributed by atoms with E-state index >= 15 is 0 Å². The van der Waals surface area contributed by atoms with E-state index in [1.807, 2.05) is 19.1 Å². The molecule has 4 aromatic rings. The van der Waals surface area contributed by atoms with Gasteiger partial charge in [0.15, 0.2) is 5.13 Å². The quantitative estimate of drug-likeness (QED) is 0.526. The van der Waals surface area contributed by atoms with Crippen LogP contribution >= 0.6 is 11.3 Å². The maximum Gasteiger partial charge on any atom is 0.278 e. The molecular weight excluding hydrogens is 365 g/mol. The number of fused-ring (bicyclic) bond motifs is 1. The number of para-hydroxylation sites is 1. The average Bonchev–Trinajstić information content (AvgIpc) is 3.34. The molecule has 0 aliphatic heterocycles. The number of hydrogen-bond donors (Lipinski definition) is 0. The number of anilines is 1. The Balaban J connectivity index is 1.79. The number of halogens is 1. The Bertz CT molecular complexity index is 1090. The largest absolute Gasteiger partial charge is 0.278 e. The van der Waals surface area contributed by atoms with Crippen molar-refractivity contribution in [1.82, 2.24) is 19.7 Å². The number of aryl methyl sites for hydroxylation is 1. The lowest BCUT2D eigenvalue weighted by molar-refractivity contribution is 0.0975. The lowest BCUT2D eigenvalue weighted by Gasteiger charge is -2.20. The Hall–Kier alpha value is -3.13. The molecule has 0 saturated carbocycles. The van der Waals surface area contributed by atoms with Crippen molar-refractivity contribution in [3.63, 3.8) is 0 Å². The van der Waals surface area contributed by atoms with E-state index in [2.05, 4.69) is 15.1 Å². The van der Waals surface area contributed by atoms with Gasteiger partial charge in [-0.25, -0.2) is 9.37 Å². The van der Waals surface area contributed by atoms with Crippen molar-refractivity contribution in [1.29, 1.82) is 0 Å². The summed E-state index contributed by atoms with van der Waals surface area (Å²) in [6, 6.07) is 10.2. The van der Waals surface area contributed by atoms with Crippen LogP contribution < -0.4 is 4.90 Å². The van der Waals surface area contributed by atoms with E-state index in [0.717, 1.165) is 5.56 Å². The first-order valence-electron chi connectivity index (χ1n) is 8.45. The molecule has 3 aromatic heterocycles. The SMILES string of the molecule is CCn1nccc1C(=O)N(Cc1cccnc1)c1nc2c(F)cccc2s1. The molecule has 0 atom stereocenters. The number of pyridine rings is 1. The van der Waals surface area contributed by atoms with Crippen molar-refractivity contribution >= 4 is 32.6 Å². The molecule has 0 spiro atoms. The van der Waals surface area contributed by atoms with E-state index in [-0.39, 0.29) is 18.0 Å². The molecular formula is C19H16FN5OS. The summed E-state index contributed by atoms with van der Waals surface area (Å²) in [5, 5.41) is 4.61. The first-order valence-corrected chi connectivity index (χ1v) is 9.26. The highest BCUT2D eigenvalue weighted by Gasteiger charge is 2.25. The van der Waals surface area contributed by atoms with Gasteiger partial charge in [0.25, 0.3) is 5.91 Å². The van der Waals surface area contributed by atoms with Crippen LogP contribution in [-0.2, 0) is 13.1 Å². The number of benzene rings is 1. The molecule has 0 N–H and O–H groups in total. The summed E-state index contributed by atoms with van der Waals surface area (Å²) < 4.78 is 16.4. The van der Waals surface area contributed by atoms with Crippen LogP contribution in [0.4, 0.5) is 9.52 Å². The molecule has 0 bridgehead atoms. The Morgan fingerprint density at radius 2 is 2.11 bits per heavy atom. The normalized spacial score (nSPS) is 11.0. The summed E-state index contributed by atoms with van der Waals surface area (Å²) in [5.41, 5.74) is 1.58. The minimum absolute atomic E-state index is 0.238. The van der Waals surface area contributed by atoms with Crippen molar-refractivity contribution in [3.8, 4) is 0 Å². The Labute approximate surface area is 158 Å². The van der Waals surface area contributed by atoms with E-state index in [0.29, 0.717) is 22.1 Å². The van der Waals surface area contributed by atoms with Crippen LogP contribution in [0.5, 0.6) is 0 Å². The van der Waals surface area contributed by atoms with Crippen LogP contribution in [0, 0.1) is 5.82 Å². The van der Waals surface area contributed by atoms with Gasteiger partial charge in [0.1, 0.15) is 17.0 Å². The van der Waals surface area contributed by atoms with Gasteiger partial charge in [-0.05, 0) is 36.8 Å². The fraction of sp³-hybridized carbons (Fsp3) is 0.158. The molecule has 6 nitrogen and oxygen atoms in total. The molecule has 0 aliphatic rings. The second kappa shape index (κ2) is 7.24. The van der Waals surface area contributed by atoms with Crippen LogP contribution in [0.3, 0.4) is 0 Å². The Morgan fingerprint density at radius 3 is 2.85 bits per heavy atom. The molecule has 8 heteroatoms. The third-order valence-corrected chi connectivity index (χ3v) is 5.18. The zero-order valence-electron chi connectivity index (χ0n) is 14.5. The molecule has 27 heavy (non-hydrogen) atoms. The third-order valence-electron chi connectivity index (χ3n) is 4.13. The van der Waals surface area contributed by atoms with E-state index in [1.54, 1.807) is 46.4 Å². The first kappa shape index (κ1) is 17.3. The average molecular weight is 381 g/mol. The van der Waals surface area contributed by atoms with Crippen LogP contribution in [0.1, 0.15) is 23.0 Å². The summed E-state index contributed by atoms with van der Waals surface area (Å²) in [4.78, 5) is 23.3. The summed E-state index contributed by atoms with van der Waals surface area (Å²) in [5.74, 6) is -0.639. The summed E-state index contributed by atoms with van der Waals surface area (Å²) in [6.07, 6.45) is 4.97. The first-order chi connectivity index (χ1) is 13.2. The van der Waals surface area contributed by atoms with Crippen molar-refractivity contribution in [2.45, 2.75) is 20.0 Å². The van der Waals surface area contributed by atoms with Gasteiger partial charge >= 0.3 is 0 Å². The lowest BCUT2D eigenvalue weighted by atomic mass is 10.2. The topological polar surface area (TPSA) is 63.9 Å². The molecule has 3 heterocycles. The van der Waals surface area contributed by atoms with Crippen LogP contribution in [-0.4, -0.2) is 25.7 Å². The highest BCUT2D eigenvalue weighted by molar-refractivity contribution is 7.22. The highest BCUT2D eigenvalue weighted by atomic mass is 32.1. The summed E-state index contributed by atoms with van der Waals surface area (Å²) >= 11 is 1.28. The van der Waals surface area contributed by atoms with Crippen LogP contribution in [0.25, 0.3) is 10.2 Å². The predicted octanol–water partition coefficient (Wildman–Crippen LogP) is 3.89. The van der Waals surface area contributed by atoms with Crippen molar-refractivity contribution in [3.05, 3.63) is 72.1 Å². The lowest BCUT2D eigenvalue weighted by Crippen LogP contribution is -2.32. The predicted molar refractivity (Wildman–Crippen MR) is 102 cm³/mol. The minimum atomic E-state index is -0.401. The van der Waals surface area contributed by atoms with Gasteiger partial charge in [0.05, 0.1) is 11.2 Å². The summed E-state index contributed by atoms with van der Waals surface area (Å²) in [6.45, 7) is 2.77. The Kier molecular flexibility index (Phi) is 4.64. The second-order valence-electron chi connectivity index (χ2n) is 5.87. The van der Waals surface area contributed by atoms with E-state index in [4.69, 9.17) is 0 Å². The van der Waals surface area contributed by atoms with Gasteiger partial charge in [-0.1, -0.05) is 23.5 Å². The smallest absolute Gasteiger partial charge is 0.278 e. The van der Waals surface area contributed by atoms with Crippen molar-refractivity contribution in [2.24, 2.45) is 0 Å². The number of carbonyl (C=O) groups excluding carboxylic acids is 1. The Morgan fingerprint density at radius 1 is 1.22 bits per heavy atom. The van der Waals surface area contributed by atoms with Gasteiger partial charge in [-0.2, -0.15) is 5.10 Å². The molecule has 4 rings (SSSR count). The summed E-state index contributed by atoms with van der Waals surface area (Å²) in [7, 11) is 0. The van der Waals surface area contributed by atoms with Crippen molar-refractivity contribution < 1.29 is 9.18 Å². The monoisotopic (exact) mass is 381 g/mol. The molecule has 0 saturated heterocycles. The van der Waals surface area contributed by atoms with Crippen LogP contribution in [0.2, 0.25) is 0 Å². The number of amides is 1. The third kappa shape index (κ3) is 3.31. The maximum atomic E-state index is 14.1. The zero-order valence-corrected chi connectivity index (χ0v) is 15.4. The molecule has 0 aliphatic carbocycles. The number of nitrogens with zero attached hydrogens (tertiary/aromatic N) is 5. The van der Waals surface area contributed by atoms with E-state index in [9.17, 15) is 9.18 Å². The molecule has 1 aromatic carbocycles. The standard InChI is InChI=1S/C19H16FN5OS/c1-2-25-15(8-10-22-25)18(26)24(12-13-5-4-9-21-11-13)19-23-17-14(20)6-3-7-16(17)27-19/h3-11H,2,12H2,1H3. The minimum Gasteiger partial charge on any atom is -0.278 e. The second-order valence-corrected chi connectivity index (χ2v) is 6.88.